The van der Waals surface area contributed by atoms with Crippen molar-refractivity contribution in [2.24, 2.45) is 5.92 Å². The van der Waals surface area contributed by atoms with Gasteiger partial charge in [-0.15, -0.1) is 0 Å². The summed E-state index contributed by atoms with van der Waals surface area (Å²) in [6, 6.07) is 15.7. The third-order valence-electron chi connectivity index (χ3n) is 5.68. The lowest BCUT2D eigenvalue weighted by Crippen LogP contribution is -2.43. The van der Waals surface area contributed by atoms with Crippen LogP contribution in [0.25, 0.3) is 0 Å². The Balaban J connectivity index is 1.78. The summed E-state index contributed by atoms with van der Waals surface area (Å²) in [5, 5.41) is 4.48. The first-order valence-corrected chi connectivity index (χ1v) is 10.5. The van der Waals surface area contributed by atoms with Crippen LogP contribution in [0.1, 0.15) is 49.9 Å². The van der Waals surface area contributed by atoms with Crippen molar-refractivity contribution in [3.8, 4) is 11.5 Å². The number of fused-ring (bicyclic) bond motifs is 1. The first kappa shape index (κ1) is 20.9. The Labute approximate surface area is 182 Å². The number of nitrogens with zero attached hydrogens (tertiary/aromatic N) is 4. The smallest absolute Gasteiger partial charge is 0.231 e. The zero-order valence-corrected chi connectivity index (χ0v) is 18.4. The third kappa shape index (κ3) is 4.13. The molecule has 0 aliphatic carbocycles. The van der Waals surface area contributed by atoms with Crippen LogP contribution in [0.3, 0.4) is 0 Å². The minimum Gasteiger partial charge on any atom is -0.497 e. The summed E-state index contributed by atoms with van der Waals surface area (Å²) in [5.74, 6) is 2.48. The standard InChI is InChI=1S/C24H28N4O3/c1-16(2)13-23(29)27-21(17-5-9-19(30-3)10-6-17)14-22(28-24(27)25-15-26-28)18-7-11-20(31-4)12-8-18/h5-12,15-16,21-22H,13-14H2,1-4H3/t21-,22+/m0/s1. The van der Waals surface area contributed by atoms with Gasteiger partial charge in [-0.25, -0.2) is 4.68 Å². The highest BCUT2D eigenvalue weighted by Gasteiger charge is 2.39. The van der Waals surface area contributed by atoms with Gasteiger partial charge in [0.15, 0.2) is 0 Å². The Morgan fingerprint density at radius 3 is 2.03 bits per heavy atom. The molecule has 162 valence electrons. The van der Waals surface area contributed by atoms with Gasteiger partial charge in [0.25, 0.3) is 0 Å². The number of hydrogen-bond acceptors (Lipinski definition) is 5. The fourth-order valence-electron chi connectivity index (χ4n) is 4.14. The number of amides is 1. The summed E-state index contributed by atoms with van der Waals surface area (Å²) in [6.07, 6.45) is 2.67. The second-order valence-corrected chi connectivity index (χ2v) is 8.18. The Morgan fingerprint density at radius 1 is 0.968 bits per heavy atom. The van der Waals surface area contributed by atoms with Gasteiger partial charge in [0.2, 0.25) is 11.9 Å². The highest BCUT2D eigenvalue weighted by molar-refractivity contribution is 5.93. The van der Waals surface area contributed by atoms with E-state index in [-0.39, 0.29) is 23.9 Å². The molecule has 7 nitrogen and oxygen atoms in total. The van der Waals surface area contributed by atoms with Gasteiger partial charge in [0.05, 0.1) is 26.3 Å². The molecular weight excluding hydrogens is 392 g/mol. The van der Waals surface area contributed by atoms with Crippen molar-refractivity contribution < 1.29 is 14.3 Å². The molecule has 2 aromatic carbocycles. The second kappa shape index (κ2) is 8.79. The van der Waals surface area contributed by atoms with E-state index in [1.54, 1.807) is 14.2 Å². The number of benzene rings is 2. The molecule has 7 heteroatoms. The van der Waals surface area contributed by atoms with Gasteiger partial charge in [-0.3, -0.25) is 9.69 Å². The van der Waals surface area contributed by atoms with Crippen LogP contribution in [0.2, 0.25) is 0 Å². The van der Waals surface area contributed by atoms with Gasteiger partial charge >= 0.3 is 0 Å². The molecular formula is C24H28N4O3. The molecule has 1 aliphatic rings. The Morgan fingerprint density at radius 2 is 1.52 bits per heavy atom. The van der Waals surface area contributed by atoms with E-state index in [9.17, 15) is 4.79 Å². The van der Waals surface area contributed by atoms with E-state index in [4.69, 9.17) is 9.47 Å². The van der Waals surface area contributed by atoms with E-state index in [1.807, 2.05) is 58.1 Å². The van der Waals surface area contributed by atoms with Gasteiger partial charge in [-0.2, -0.15) is 10.1 Å². The first-order chi connectivity index (χ1) is 15.0. The molecule has 0 bridgehead atoms. The second-order valence-electron chi connectivity index (χ2n) is 8.18. The fraction of sp³-hybridized carbons (Fsp3) is 0.375. The molecule has 1 aliphatic heterocycles. The summed E-state index contributed by atoms with van der Waals surface area (Å²) in [6.45, 7) is 4.10. The number of ether oxygens (including phenoxy) is 2. The summed E-state index contributed by atoms with van der Waals surface area (Å²) < 4.78 is 12.5. The van der Waals surface area contributed by atoms with Gasteiger partial charge in [-0.05, 0) is 47.7 Å². The van der Waals surface area contributed by atoms with Crippen LogP contribution in [-0.4, -0.2) is 34.9 Å². The normalized spacial score (nSPS) is 18.0. The van der Waals surface area contributed by atoms with Gasteiger partial charge in [0, 0.05) is 6.42 Å². The highest BCUT2D eigenvalue weighted by Crippen LogP contribution is 2.42. The third-order valence-corrected chi connectivity index (χ3v) is 5.68. The van der Waals surface area contributed by atoms with E-state index in [1.165, 1.54) is 6.33 Å². The largest absolute Gasteiger partial charge is 0.497 e. The van der Waals surface area contributed by atoms with Crippen LogP contribution >= 0.6 is 0 Å². The number of methoxy groups -OCH3 is 2. The molecule has 2 atom stereocenters. The van der Waals surface area contributed by atoms with Crippen molar-refractivity contribution >= 4 is 11.9 Å². The van der Waals surface area contributed by atoms with Crippen molar-refractivity contribution in [2.75, 3.05) is 19.1 Å². The molecule has 4 rings (SSSR count). The molecule has 0 N–H and O–H groups in total. The maximum absolute atomic E-state index is 13.3. The summed E-state index contributed by atoms with van der Waals surface area (Å²) in [4.78, 5) is 19.6. The Bertz CT molecular complexity index is 1030. The first-order valence-electron chi connectivity index (χ1n) is 10.5. The highest BCUT2D eigenvalue weighted by atomic mass is 16.5. The topological polar surface area (TPSA) is 69.5 Å². The van der Waals surface area contributed by atoms with Crippen molar-refractivity contribution in [1.82, 2.24) is 14.8 Å². The number of anilines is 1. The average molecular weight is 421 g/mol. The van der Waals surface area contributed by atoms with E-state index < -0.39 is 0 Å². The lowest BCUT2D eigenvalue weighted by atomic mass is 9.91. The molecule has 1 aromatic heterocycles. The molecule has 0 fully saturated rings. The molecule has 0 saturated heterocycles. The molecule has 31 heavy (non-hydrogen) atoms. The summed E-state index contributed by atoms with van der Waals surface area (Å²) in [7, 11) is 3.30. The zero-order valence-electron chi connectivity index (χ0n) is 18.4. The monoisotopic (exact) mass is 420 g/mol. The zero-order chi connectivity index (χ0) is 22.0. The quantitative estimate of drug-likeness (QED) is 0.591. The van der Waals surface area contributed by atoms with E-state index >= 15 is 0 Å². The van der Waals surface area contributed by atoms with Gasteiger partial charge < -0.3 is 9.47 Å². The summed E-state index contributed by atoms with van der Waals surface area (Å²) in [5.41, 5.74) is 2.15. The average Bonchev–Trinajstić information content (AvgIpc) is 3.27. The fourth-order valence-corrected chi connectivity index (χ4v) is 4.14. The maximum Gasteiger partial charge on any atom is 0.231 e. The molecule has 3 aromatic rings. The van der Waals surface area contributed by atoms with Crippen molar-refractivity contribution in [1.29, 1.82) is 0 Å². The molecule has 0 unspecified atom stereocenters. The van der Waals surface area contributed by atoms with Crippen LogP contribution in [0.5, 0.6) is 11.5 Å². The molecule has 0 radical (unpaired) electrons. The van der Waals surface area contributed by atoms with Crippen molar-refractivity contribution in [3.05, 3.63) is 66.0 Å². The lowest BCUT2D eigenvalue weighted by Gasteiger charge is -2.39. The number of rotatable bonds is 6. The van der Waals surface area contributed by atoms with Gasteiger partial charge in [0.1, 0.15) is 17.8 Å². The minimum atomic E-state index is -0.152. The lowest BCUT2D eigenvalue weighted by molar-refractivity contribution is -0.120. The van der Waals surface area contributed by atoms with Crippen LogP contribution in [-0.2, 0) is 4.79 Å². The van der Waals surface area contributed by atoms with Crippen LogP contribution in [0.4, 0.5) is 5.95 Å². The molecule has 0 spiro atoms. The maximum atomic E-state index is 13.3. The van der Waals surface area contributed by atoms with E-state index in [0.29, 0.717) is 18.8 Å². The Kier molecular flexibility index (Phi) is 5.93. The number of carbonyl (C=O) groups excluding carboxylic acids is 1. The molecule has 2 heterocycles. The number of aromatic nitrogens is 3. The van der Waals surface area contributed by atoms with E-state index in [2.05, 4.69) is 23.9 Å². The van der Waals surface area contributed by atoms with Crippen molar-refractivity contribution in [2.45, 2.75) is 38.8 Å². The van der Waals surface area contributed by atoms with E-state index in [0.717, 1.165) is 22.6 Å². The van der Waals surface area contributed by atoms with Crippen LogP contribution in [0, 0.1) is 5.92 Å². The predicted octanol–water partition coefficient (Wildman–Crippen LogP) is 4.41. The van der Waals surface area contributed by atoms with Crippen molar-refractivity contribution in [3.63, 3.8) is 0 Å². The van der Waals surface area contributed by atoms with Crippen LogP contribution in [0.15, 0.2) is 54.9 Å². The molecule has 0 saturated carbocycles. The summed E-state index contributed by atoms with van der Waals surface area (Å²) >= 11 is 0. The SMILES string of the molecule is COc1ccc([C@H]2C[C@@H](c3ccc(OC)cc3)N(C(=O)CC(C)C)c3ncnn32)cc1. The van der Waals surface area contributed by atoms with Gasteiger partial charge in [-0.1, -0.05) is 38.1 Å². The number of carbonyl (C=O) groups is 1. The predicted molar refractivity (Wildman–Crippen MR) is 118 cm³/mol. The Hall–Kier alpha value is -3.35. The molecule has 1 amide bonds. The number of hydrogen-bond donors (Lipinski definition) is 0. The minimum absolute atomic E-state index is 0.0430. The van der Waals surface area contributed by atoms with Crippen LogP contribution < -0.4 is 14.4 Å².